The second-order valence-electron chi connectivity index (χ2n) is 6.88. The van der Waals surface area contributed by atoms with Crippen LogP contribution in [0.3, 0.4) is 0 Å². The van der Waals surface area contributed by atoms with E-state index in [1.54, 1.807) is 10.7 Å². The molecule has 4 aromatic rings. The number of pyridine rings is 1. The quantitative estimate of drug-likeness (QED) is 0.606. The molecule has 1 aliphatic heterocycles. The lowest BCUT2D eigenvalue weighted by Crippen LogP contribution is -2.39. The van der Waals surface area contributed by atoms with Gasteiger partial charge in [0.05, 0.1) is 5.56 Å². The van der Waals surface area contributed by atoms with Gasteiger partial charge in [-0.15, -0.1) is 0 Å². The highest BCUT2D eigenvalue weighted by atomic mass is 16.2. The first-order chi connectivity index (χ1) is 12.8. The Morgan fingerprint density at radius 1 is 1.19 bits per heavy atom. The molecule has 0 bridgehead atoms. The van der Waals surface area contributed by atoms with E-state index in [1.165, 1.54) is 17.4 Å². The molecule has 1 fully saturated rings. The van der Waals surface area contributed by atoms with E-state index in [2.05, 4.69) is 39.3 Å². The molecule has 3 aromatic heterocycles. The number of piperidine rings is 1. The van der Waals surface area contributed by atoms with Gasteiger partial charge in [0.2, 0.25) is 0 Å². The molecule has 6 heteroatoms. The van der Waals surface area contributed by atoms with Crippen LogP contribution in [0.2, 0.25) is 0 Å². The molecule has 1 unspecified atom stereocenters. The molecule has 1 aromatic carbocycles. The Balaban J connectivity index is 1.40. The minimum atomic E-state index is 0.0585. The number of hydrogen-bond acceptors (Lipinski definition) is 3. The lowest BCUT2D eigenvalue weighted by molar-refractivity contribution is 0.0705. The Bertz CT molecular complexity index is 1060. The average Bonchev–Trinajstić information content (AvgIpc) is 3.33. The summed E-state index contributed by atoms with van der Waals surface area (Å²) in [5.41, 5.74) is 3.77. The molecule has 0 radical (unpaired) electrons. The smallest absolute Gasteiger partial charge is 0.255 e. The Kier molecular flexibility index (Phi) is 3.48. The van der Waals surface area contributed by atoms with Crippen LogP contribution in [0.5, 0.6) is 0 Å². The number of nitrogens with zero attached hydrogens (tertiary/aromatic N) is 4. The summed E-state index contributed by atoms with van der Waals surface area (Å²) in [6.45, 7) is 1.53. The monoisotopic (exact) mass is 345 g/mol. The fourth-order valence-electron chi connectivity index (χ4n) is 3.86. The molecule has 1 aliphatic rings. The number of likely N-dealkylation sites (tertiary alicyclic amines) is 1. The lowest BCUT2D eigenvalue weighted by Gasteiger charge is -2.32. The molecular weight excluding hydrogens is 326 g/mol. The van der Waals surface area contributed by atoms with Gasteiger partial charge in [0, 0.05) is 36.4 Å². The number of carbonyl (C=O) groups is 1. The summed E-state index contributed by atoms with van der Waals surface area (Å²) in [6.07, 6.45) is 5.36. The molecule has 4 heterocycles. The summed E-state index contributed by atoms with van der Waals surface area (Å²) < 4.78 is 1.65. The largest absolute Gasteiger partial charge is 0.358 e. The molecular formula is C20H19N5O. The van der Waals surface area contributed by atoms with Crippen LogP contribution in [0, 0.1) is 0 Å². The van der Waals surface area contributed by atoms with Crippen LogP contribution < -0.4 is 0 Å². The van der Waals surface area contributed by atoms with Crippen molar-refractivity contribution in [2.75, 3.05) is 13.1 Å². The highest BCUT2D eigenvalue weighted by Gasteiger charge is 2.26. The fraction of sp³-hybridized carbons (Fsp3) is 0.250. The van der Waals surface area contributed by atoms with Gasteiger partial charge in [0.25, 0.3) is 5.91 Å². The zero-order valence-corrected chi connectivity index (χ0v) is 14.3. The minimum absolute atomic E-state index is 0.0585. The number of benzene rings is 1. The van der Waals surface area contributed by atoms with Gasteiger partial charge in [-0.2, -0.15) is 5.10 Å². The molecule has 0 spiro atoms. The molecule has 0 saturated carbocycles. The summed E-state index contributed by atoms with van der Waals surface area (Å²) in [5.74, 6) is 0.401. The van der Waals surface area contributed by atoms with Crippen LogP contribution in [-0.4, -0.2) is 43.5 Å². The first-order valence-electron chi connectivity index (χ1n) is 8.94. The number of carbonyl (C=O) groups excluding carboxylic acids is 1. The van der Waals surface area contributed by atoms with Crippen LogP contribution in [0.15, 0.2) is 55.0 Å². The third-order valence-electron chi connectivity index (χ3n) is 5.22. The topological polar surface area (TPSA) is 66.3 Å². The first kappa shape index (κ1) is 15.1. The molecule has 26 heavy (non-hydrogen) atoms. The van der Waals surface area contributed by atoms with Crippen molar-refractivity contribution in [1.82, 2.24) is 24.5 Å². The number of hydrogen-bond donors (Lipinski definition) is 1. The molecule has 1 saturated heterocycles. The van der Waals surface area contributed by atoms with Crippen molar-refractivity contribution in [3.8, 4) is 0 Å². The summed E-state index contributed by atoms with van der Waals surface area (Å²) in [5, 5.41) is 5.35. The summed E-state index contributed by atoms with van der Waals surface area (Å²) >= 11 is 0. The summed E-state index contributed by atoms with van der Waals surface area (Å²) in [6, 6.07) is 14.2. The zero-order chi connectivity index (χ0) is 17.5. The third kappa shape index (κ3) is 2.54. The van der Waals surface area contributed by atoms with Crippen LogP contribution in [0.25, 0.3) is 16.6 Å². The molecule has 1 N–H and O–H groups in total. The van der Waals surface area contributed by atoms with Crippen molar-refractivity contribution in [3.63, 3.8) is 0 Å². The maximum absolute atomic E-state index is 13.0. The normalized spacial score (nSPS) is 17.8. The van der Waals surface area contributed by atoms with Gasteiger partial charge in [0.1, 0.15) is 6.33 Å². The second kappa shape index (κ2) is 5.98. The van der Waals surface area contributed by atoms with E-state index in [1.807, 2.05) is 23.1 Å². The van der Waals surface area contributed by atoms with Crippen LogP contribution in [0.1, 0.15) is 34.8 Å². The van der Waals surface area contributed by atoms with Gasteiger partial charge < -0.3 is 9.88 Å². The third-order valence-corrected chi connectivity index (χ3v) is 5.22. The van der Waals surface area contributed by atoms with E-state index in [9.17, 15) is 4.79 Å². The predicted molar refractivity (Wildman–Crippen MR) is 99.2 cm³/mol. The molecule has 1 amide bonds. The van der Waals surface area contributed by atoms with Crippen molar-refractivity contribution in [3.05, 3.63) is 66.2 Å². The van der Waals surface area contributed by atoms with Gasteiger partial charge in [-0.1, -0.05) is 18.2 Å². The molecule has 130 valence electrons. The Hall–Kier alpha value is -3.15. The highest BCUT2D eigenvalue weighted by molar-refractivity contribution is 5.94. The van der Waals surface area contributed by atoms with E-state index in [4.69, 9.17) is 0 Å². The van der Waals surface area contributed by atoms with Crippen molar-refractivity contribution in [2.24, 2.45) is 0 Å². The first-order valence-corrected chi connectivity index (χ1v) is 8.94. The van der Waals surface area contributed by atoms with Crippen LogP contribution in [-0.2, 0) is 0 Å². The number of H-pyrrole nitrogens is 1. The van der Waals surface area contributed by atoms with E-state index >= 15 is 0 Å². The minimum Gasteiger partial charge on any atom is -0.358 e. The molecule has 5 rings (SSSR count). The number of rotatable bonds is 2. The maximum atomic E-state index is 13.0. The Labute approximate surface area is 150 Å². The van der Waals surface area contributed by atoms with Gasteiger partial charge >= 0.3 is 0 Å². The van der Waals surface area contributed by atoms with E-state index in [0.29, 0.717) is 11.5 Å². The van der Waals surface area contributed by atoms with Crippen LogP contribution in [0.4, 0.5) is 0 Å². The zero-order valence-electron chi connectivity index (χ0n) is 14.3. The standard InChI is InChI=1S/C20H19N5O/c26-20(16-7-8-19-21-13-22-25(19)12-16)24-9-3-5-15(11-24)18-10-14-4-1-2-6-17(14)23-18/h1-2,4,6-8,10,12-13,15,23H,3,5,9,11H2. The van der Waals surface area contributed by atoms with Crippen LogP contribution >= 0.6 is 0 Å². The van der Waals surface area contributed by atoms with Gasteiger partial charge in [-0.3, -0.25) is 4.79 Å². The van der Waals surface area contributed by atoms with Crippen molar-refractivity contribution in [2.45, 2.75) is 18.8 Å². The molecule has 6 nitrogen and oxygen atoms in total. The lowest BCUT2D eigenvalue weighted by atomic mass is 9.94. The number of fused-ring (bicyclic) bond motifs is 2. The number of nitrogens with one attached hydrogen (secondary N) is 1. The molecule has 0 aliphatic carbocycles. The van der Waals surface area contributed by atoms with Gasteiger partial charge in [0.15, 0.2) is 5.65 Å². The molecule has 1 atom stereocenters. The van der Waals surface area contributed by atoms with Gasteiger partial charge in [-0.25, -0.2) is 9.50 Å². The number of aromatic nitrogens is 4. The average molecular weight is 345 g/mol. The van der Waals surface area contributed by atoms with E-state index in [0.717, 1.165) is 37.1 Å². The number of para-hydroxylation sites is 1. The SMILES string of the molecule is O=C(c1ccc2ncnn2c1)N1CCCC(c2cc3ccccc3[nH]2)C1. The number of aromatic amines is 1. The Morgan fingerprint density at radius 3 is 3.04 bits per heavy atom. The summed E-state index contributed by atoms with van der Waals surface area (Å²) in [4.78, 5) is 22.6. The van der Waals surface area contributed by atoms with Crippen molar-refractivity contribution >= 4 is 22.5 Å². The summed E-state index contributed by atoms with van der Waals surface area (Å²) in [7, 11) is 0. The number of amides is 1. The highest BCUT2D eigenvalue weighted by Crippen LogP contribution is 2.29. The predicted octanol–water partition coefficient (Wildman–Crippen LogP) is 3.23. The van der Waals surface area contributed by atoms with Crippen molar-refractivity contribution < 1.29 is 4.79 Å². The second-order valence-corrected chi connectivity index (χ2v) is 6.88. The maximum Gasteiger partial charge on any atom is 0.255 e. The van der Waals surface area contributed by atoms with E-state index in [-0.39, 0.29) is 5.91 Å². The van der Waals surface area contributed by atoms with Crippen molar-refractivity contribution in [1.29, 1.82) is 0 Å². The fourth-order valence-corrected chi connectivity index (χ4v) is 3.86. The van der Waals surface area contributed by atoms with Gasteiger partial charge in [-0.05, 0) is 42.5 Å². The van der Waals surface area contributed by atoms with E-state index < -0.39 is 0 Å². The Morgan fingerprint density at radius 2 is 2.12 bits per heavy atom.